The van der Waals surface area contributed by atoms with Gasteiger partial charge >= 0.3 is 5.97 Å². The van der Waals surface area contributed by atoms with Crippen LogP contribution < -0.4 is 4.90 Å². The predicted octanol–water partition coefficient (Wildman–Crippen LogP) is 2.89. The number of anilines is 1. The van der Waals surface area contributed by atoms with Crippen molar-refractivity contribution in [2.24, 2.45) is 0 Å². The Bertz CT molecular complexity index is 783. The van der Waals surface area contributed by atoms with E-state index in [1.54, 1.807) is 6.08 Å². The molecule has 0 bridgehead atoms. The molecule has 25 heavy (non-hydrogen) atoms. The maximum absolute atomic E-state index is 12.4. The van der Waals surface area contributed by atoms with Crippen LogP contribution in [0, 0.1) is 6.92 Å². The molecule has 1 heterocycles. The van der Waals surface area contributed by atoms with Crippen molar-refractivity contribution in [3.63, 3.8) is 0 Å². The van der Waals surface area contributed by atoms with Gasteiger partial charge in [0.05, 0.1) is 6.04 Å². The van der Waals surface area contributed by atoms with Crippen molar-refractivity contribution in [1.82, 2.24) is 0 Å². The van der Waals surface area contributed by atoms with Gasteiger partial charge in [0.15, 0.2) is 6.10 Å². The third-order valence-corrected chi connectivity index (χ3v) is 4.10. The lowest BCUT2D eigenvalue weighted by Crippen LogP contribution is -2.56. The molecule has 0 radical (unpaired) electrons. The Kier molecular flexibility index (Phi) is 4.95. The van der Waals surface area contributed by atoms with E-state index in [-0.39, 0.29) is 12.5 Å². The quantitative estimate of drug-likeness (QED) is 0.931. The first-order chi connectivity index (χ1) is 12.1. The minimum atomic E-state index is -1.11. The number of aliphatic carboxylic acids is 1. The van der Waals surface area contributed by atoms with Crippen LogP contribution in [0.2, 0.25) is 0 Å². The molecule has 1 N–H and O–H groups in total. The molecule has 128 valence electrons. The fourth-order valence-electron chi connectivity index (χ4n) is 2.83. The molecule has 2 aromatic rings. The molecule has 0 saturated carbocycles. The van der Waals surface area contributed by atoms with Crippen LogP contribution in [0.3, 0.4) is 0 Å². The molecule has 0 aliphatic carbocycles. The summed E-state index contributed by atoms with van der Waals surface area (Å²) in [7, 11) is 0. The number of morpholine rings is 1. The van der Waals surface area contributed by atoms with Gasteiger partial charge in [-0.3, -0.25) is 4.79 Å². The lowest BCUT2D eigenvalue weighted by molar-refractivity contribution is -0.156. The monoisotopic (exact) mass is 337 g/mol. The number of carbonyl (C=O) groups is 2. The normalized spacial score (nSPS) is 20.8. The second kappa shape index (κ2) is 7.32. The molecular weight excluding hydrogens is 318 g/mol. The van der Waals surface area contributed by atoms with E-state index in [0.29, 0.717) is 5.69 Å². The van der Waals surface area contributed by atoms with Gasteiger partial charge in [0, 0.05) is 5.69 Å². The van der Waals surface area contributed by atoms with Crippen LogP contribution >= 0.6 is 0 Å². The Labute approximate surface area is 146 Å². The number of ether oxygens (including phenoxy) is 1. The van der Waals surface area contributed by atoms with Crippen molar-refractivity contribution in [3.05, 3.63) is 71.8 Å². The number of hydrogen-bond donors (Lipinski definition) is 1. The molecule has 0 aromatic heterocycles. The van der Waals surface area contributed by atoms with E-state index >= 15 is 0 Å². The number of carbonyl (C=O) groups excluding carboxylic acids is 1. The lowest BCUT2D eigenvalue weighted by atomic mass is 10.0. The average Bonchev–Trinajstić information content (AvgIpc) is 2.61. The highest BCUT2D eigenvalue weighted by atomic mass is 16.5. The fourth-order valence-corrected chi connectivity index (χ4v) is 2.83. The zero-order chi connectivity index (χ0) is 17.8. The second-order valence-corrected chi connectivity index (χ2v) is 5.93. The molecule has 0 unspecified atom stereocenters. The van der Waals surface area contributed by atoms with E-state index in [1.807, 2.05) is 67.6 Å². The van der Waals surface area contributed by atoms with Crippen LogP contribution in [-0.4, -0.2) is 35.7 Å². The number of hydrogen-bond acceptors (Lipinski definition) is 3. The van der Waals surface area contributed by atoms with E-state index in [1.165, 1.54) is 4.90 Å². The first-order valence-corrected chi connectivity index (χ1v) is 8.02. The molecule has 1 aliphatic rings. The minimum absolute atomic E-state index is 0.249. The van der Waals surface area contributed by atoms with Crippen LogP contribution in [0.25, 0.3) is 6.08 Å². The SMILES string of the molecule is Cc1ccc(N2C(=O)CO[C@H](C(=O)O)[C@H]2/C=C/c2ccccc2)cc1. The first kappa shape index (κ1) is 16.9. The summed E-state index contributed by atoms with van der Waals surface area (Å²) in [6.45, 7) is 1.71. The van der Waals surface area contributed by atoms with Gasteiger partial charge in [0.1, 0.15) is 6.61 Å². The number of rotatable bonds is 4. The predicted molar refractivity (Wildman–Crippen MR) is 95.3 cm³/mol. The highest BCUT2D eigenvalue weighted by Crippen LogP contribution is 2.26. The molecule has 1 saturated heterocycles. The maximum Gasteiger partial charge on any atom is 0.335 e. The molecule has 0 spiro atoms. The smallest absolute Gasteiger partial charge is 0.335 e. The first-order valence-electron chi connectivity index (χ1n) is 8.02. The largest absolute Gasteiger partial charge is 0.479 e. The number of carboxylic acids is 1. The maximum atomic E-state index is 12.4. The van der Waals surface area contributed by atoms with Gasteiger partial charge in [-0.15, -0.1) is 0 Å². The molecular formula is C20H19NO4. The van der Waals surface area contributed by atoms with Crippen molar-refractivity contribution < 1.29 is 19.4 Å². The Balaban J connectivity index is 1.98. The summed E-state index contributed by atoms with van der Waals surface area (Å²) in [6.07, 6.45) is 2.41. The summed E-state index contributed by atoms with van der Waals surface area (Å²) < 4.78 is 5.29. The van der Waals surface area contributed by atoms with Crippen LogP contribution in [-0.2, 0) is 14.3 Å². The molecule has 2 atom stereocenters. The van der Waals surface area contributed by atoms with E-state index in [4.69, 9.17) is 4.74 Å². The number of nitrogens with zero attached hydrogens (tertiary/aromatic N) is 1. The third kappa shape index (κ3) is 3.78. The third-order valence-electron chi connectivity index (χ3n) is 4.10. The highest BCUT2D eigenvalue weighted by molar-refractivity contribution is 5.98. The van der Waals surface area contributed by atoms with Crippen molar-refractivity contribution in [3.8, 4) is 0 Å². The van der Waals surface area contributed by atoms with Gasteiger partial charge in [-0.1, -0.05) is 60.2 Å². The van der Waals surface area contributed by atoms with Gasteiger partial charge in [-0.25, -0.2) is 4.79 Å². The summed E-state index contributed by atoms with van der Waals surface area (Å²) in [4.78, 5) is 25.6. The van der Waals surface area contributed by atoms with Gasteiger partial charge in [-0.2, -0.15) is 0 Å². The van der Waals surface area contributed by atoms with Crippen molar-refractivity contribution in [2.75, 3.05) is 11.5 Å². The second-order valence-electron chi connectivity index (χ2n) is 5.93. The van der Waals surface area contributed by atoms with Gasteiger partial charge in [0.2, 0.25) is 0 Å². The zero-order valence-electron chi connectivity index (χ0n) is 13.8. The Hall–Kier alpha value is -2.92. The van der Waals surface area contributed by atoms with Crippen LogP contribution in [0.4, 0.5) is 5.69 Å². The van der Waals surface area contributed by atoms with Crippen molar-refractivity contribution >= 4 is 23.6 Å². The van der Waals surface area contributed by atoms with Gasteiger partial charge in [-0.05, 0) is 24.6 Å². The van der Waals surface area contributed by atoms with E-state index < -0.39 is 18.1 Å². The Morgan fingerprint density at radius 2 is 1.84 bits per heavy atom. The number of aryl methyl sites for hydroxylation is 1. The molecule has 1 amide bonds. The standard InChI is InChI=1S/C20H19NO4/c1-14-7-10-16(11-8-14)21-17(12-9-15-5-3-2-4-6-15)19(20(23)24)25-13-18(21)22/h2-12,17,19H,13H2,1H3,(H,23,24)/b12-9+/t17-,19+/m1/s1. The summed E-state index contributed by atoms with van der Waals surface area (Å²) >= 11 is 0. The Morgan fingerprint density at radius 3 is 2.48 bits per heavy atom. The molecule has 5 nitrogen and oxygen atoms in total. The van der Waals surface area contributed by atoms with Gasteiger partial charge < -0.3 is 14.7 Å². The Morgan fingerprint density at radius 1 is 1.16 bits per heavy atom. The van der Waals surface area contributed by atoms with E-state index in [9.17, 15) is 14.7 Å². The molecule has 5 heteroatoms. The lowest BCUT2D eigenvalue weighted by Gasteiger charge is -2.37. The summed E-state index contributed by atoms with van der Waals surface area (Å²) in [5.74, 6) is -1.35. The topological polar surface area (TPSA) is 66.8 Å². The van der Waals surface area contributed by atoms with Gasteiger partial charge in [0.25, 0.3) is 5.91 Å². The molecule has 1 aliphatic heterocycles. The van der Waals surface area contributed by atoms with E-state index in [2.05, 4.69) is 0 Å². The average molecular weight is 337 g/mol. The molecule has 1 fully saturated rings. The van der Waals surface area contributed by atoms with Crippen LogP contribution in [0.15, 0.2) is 60.7 Å². The van der Waals surface area contributed by atoms with Crippen LogP contribution in [0.1, 0.15) is 11.1 Å². The van der Waals surface area contributed by atoms with Crippen molar-refractivity contribution in [1.29, 1.82) is 0 Å². The molecule has 3 rings (SSSR count). The molecule has 2 aromatic carbocycles. The van der Waals surface area contributed by atoms with Crippen LogP contribution in [0.5, 0.6) is 0 Å². The number of benzene rings is 2. The minimum Gasteiger partial charge on any atom is -0.479 e. The van der Waals surface area contributed by atoms with E-state index in [0.717, 1.165) is 11.1 Å². The number of carboxylic acid groups (broad SMARTS) is 1. The summed E-state index contributed by atoms with van der Waals surface area (Å²) in [5, 5.41) is 9.50. The number of amides is 1. The highest BCUT2D eigenvalue weighted by Gasteiger charge is 2.40. The summed E-state index contributed by atoms with van der Waals surface area (Å²) in [5.41, 5.74) is 2.65. The van der Waals surface area contributed by atoms with Crippen molar-refractivity contribution in [2.45, 2.75) is 19.1 Å². The zero-order valence-corrected chi connectivity index (χ0v) is 13.8. The summed E-state index contributed by atoms with van der Waals surface area (Å²) in [6, 6.07) is 16.2. The fraction of sp³-hybridized carbons (Fsp3) is 0.200.